The minimum atomic E-state index is 0.678. The van der Waals surface area contributed by atoms with Gasteiger partial charge in [0.15, 0.2) is 5.82 Å². The predicted octanol–water partition coefficient (Wildman–Crippen LogP) is 3.56. The molecule has 90 valence electrons. The Labute approximate surface area is 107 Å². The van der Waals surface area contributed by atoms with Crippen molar-refractivity contribution in [3.05, 3.63) is 54.1 Å². The Kier molecular flexibility index (Phi) is 3.63. The van der Waals surface area contributed by atoms with Gasteiger partial charge in [-0.25, -0.2) is 9.97 Å². The zero-order chi connectivity index (χ0) is 13.0. The van der Waals surface area contributed by atoms with E-state index in [2.05, 4.69) is 21.7 Å². The van der Waals surface area contributed by atoms with E-state index in [0.29, 0.717) is 5.82 Å². The Morgan fingerprint density at radius 2 is 2.06 bits per heavy atom. The van der Waals surface area contributed by atoms with E-state index in [0.717, 1.165) is 22.2 Å². The van der Waals surface area contributed by atoms with Crippen LogP contribution in [0.25, 0.3) is 16.5 Å². The Morgan fingerprint density at radius 1 is 1.28 bits per heavy atom. The lowest BCUT2D eigenvalue weighted by molar-refractivity contribution is 1.11. The minimum absolute atomic E-state index is 0.678. The second kappa shape index (κ2) is 5.36. The number of fused-ring (bicyclic) bond motifs is 1. The summed E-state index contributed by atoms with van der Waals surface area (Å²) in [6.07, 6.45) is 5.53. The van der Waals surface area contributed by atoms with Crippen molar-refractivity contribution in [3.8, 4) is 0 Å². The Hall–Kier alpha value is -2.29. The van der Waals surface area contributed by atoms with Gasteiger partial charge in [-0.15, -0.1) is 0 Å². The van der Waals surface area contributed by atoms with Crippen molar-refractivity contribution in [1.82, 2.24) is 9.97 Å². The highest BCUT2D eigenvalue weighted by Gasteiger charge is 2.06. The number of nitrogens with zero attached hydrogens (tertiary/aromatic N) is 3. The maximum absolute atomic E-state index is 4.56. The summed E-state index contributed by atoms with van der Waals surface area (Å²) in [7, 11) is 0. The largest absolute Gasteiger partial charge is 0.272 e. The molecule has 3 nitrogen and oxygen atoms in total. The minimum Gasteiger partial charge on any atom is -0.272 e. The van der Waals surface area contributed by atoms with Crippen molar-refractivity contribution in [1.29, 1.82) is 0 Å². The molecule has 0 unspecified atom stereocenters. The maximum Gasteiger partial charge on any atom is 0.161 e. The van der Waals surface area contributed by atoms with Crippen LogP contribution in [0.15, 0.2) is 47.6 Å². The van der Waals surface area contributed by atoms with E-state index >= 15 is 0 Å². The van der Waals surface area contributed by atoms with Crippen LogP contribution in [0.1, 0.15) is 18.4 Å². The third-order valence-electron chi connectivity index (χ3n) is 2.63. The summed E-state index contributed by atoms with van der Waals surface area (Å²) in [4.78, 5) is 12.9. The molecule has 2 rings (SSSR count). The molecule has 3 heteroatoms. The molecule has 2 aromatic rings. The second-order valence-corrected chi connectivity index (χ2v) is 3.92. The molecule has 0 atom stereocenters. The van der Waals surface area contributed by atoms with E-state index in [-0.39, 0.29) is 0 Å². The molecule has 0 bridgehead atoms. The van der Waals surface area contributed by atoms with Crippen LogP contribution in [-0.2, 0) is 0 Å². The van der Waals surface area contributed by atoms with E-state index in [1.165, 1.54) is 0 Å². The van der Waals surface area contributed by atoms with Crippen molar-refractivity contribution in [2.45, 2.75) is 13.8 Å². The van der Waals surface area contributed by atoms with Crippen molar-refractivity contribution in [2.75, 3.05) is 0 Å². The van der Waals surface area contributed by atoms with E-state index in [1.807, 2.05) is 50.3 Å². The molecule has 1 aromatic heterocycles. The molecular weight excluding hydrogens is 222 g/mol. The summed E-state index contributed by atoms with van der Waals surface area (Å²) in [6, 6.07) is 7.98. The number of aryl methyl sites for hydroxylation is 1. The third kappa shape index (κ3) is 2.35. The fraction of sp³-hybridized carbons (Fsp3) is 0.133. The maximum atomic E-state index is 4.56. The molecular formula is C15H15N3. The van der Waals surface area contributed by atoms with Crippen molar-refractivity contribution < 1.29 is 0 Å². The Balaban J connectivity index is 2.65. The quantitative estimate of drug-likeness (QED) is 0.604. The smallest absolute Gasteiger partial charge is 0.161 e. The normalized spacial score (nSPS) is 12.2. The van der Waals surface area contributed by atoms with E-state index < -0.39 is 0 Å². The Morgan fingerprint density at radius 3 is 2.78 bits per heavy atom. The summed E-state index contributed by atoms with van der Waals surface area (Å²) in [6.45, 7) is 7.41. The van der Waals surface area contributed by atoms with Gasteiger partial charge in [-0.1, -0.05) is 30.4 Å². The van der Waals surface area contributed by atoms with Crippen LogP contribution in [0.2, 0.25) is 0 Å². The first-order valence-corrected chi connectivity index (χ1v) is 5.78. The molecule has 0 aliphatic heterocycles. The van der Waals surface area contributed by atoms with Gasteiger partial charge in [-0.05, 0) is 26.6 Å². The van der Waals surface area contributed by atoms with E-state index in [9.17, 15) is 0 Å². The zero-order valence-corrected chi connectivity index (χ0v) is 10.6. The lowest BCUT2D eigenvalue weighted by Gasteiger charge is -2.05. The van der Waals surface area contributed by atoms with Crippen molar-refractivity contribution >= 4 is 23.2 Å². The van der Waals surface area contributed by atoms with Gasteiger partial charge in [0.05, 0.1) is 5.52 Å². The number of para-hydroxylation sites is 1. The summed E-state index contributed by atoms with van der Waals surface area (Å²) in [5.74, 6) is 0.678. The number of allylic oxidation sites excluding steroid dienone is 3. The molecule has 0 radical (unpaired) electrons. The molecule has 1 heterocycles. The summed E-state index contributed by atoms with van der Waals surface area (Å²) < 4.78 is 0. The molecule has 0 amide bonds. The highest BCUT2D eigenvalue weighted by Crippen LogP contribution is 2.19. The first-order chi connectivity index (χ1) is 8.76. The number of rotatable bonds is 3. The van der Waals surface area contributed by atoms with Crippen LogP contribution in [-0.4, -0.2) is 16.7 Å². The third-order valence-corrected chi connectivity index (χ3v) is 2.63. The van der Waals surface area contributed by atoms with Gasteiger partial charge in [0.2, 0.25) is 0 Å². The van der Waals surface area contributed by atoms with Gasteiger partial charge in [-0.2, -0.15) is 0 Å². The second-order valence-electron chi connectivity index (χ2n) is 3.92. The molecule has 0 saturated carbocycles. The highest BCUT2D eigenvalue weighted by atomic mass is 14.9. The van der Waals surface area contributed by atoms with E-state index in [4.69, 9.17) is 0 Å². The molecule has 0 N–H and O–H groups in total. The Bertz CT molecular complexity index is 639. The topological polar surface area (TPSA) is 38.1 Å². The van der Waals surface area contributed by atoms with Crippen molar-refractivity contribution in [3.63, 3.8) is 0 Å². The summed E-state index contributed by atoms with van der Waals surface area (Å²) in [5.41, 5.74) is 2.77. The molecule has 0 aliphatic rings. The molecule has 1 aromatic carbocycles. The predicted molar refractivity (Wildman–Crippen MR) is 76.6 cm³/mol. The van der Waals surface area contributed by atoms with Crippen molar-refractivity contribution in [2.24, 2.45) is 4.99 Å². The lowest BCUT2D eigenvalue weighted by Crippen LogP contribution is -1.96. The first-order valence-electron chi connectivity index (χ1n) is 5.78. The highest BCUT2D eigenvalue weighted by molar-refractivity contribution is 5.83. The van der Waals surface area contributed by atoms with Crippen LogP contribution in [0, 0.1) is 6.92 Å². The van der Waals surface area contributed by atoms with E-state index in [1.54, 1.807) is 6.20 Å². The van der Waals surface area contributed by atoms with Crippen LogP contribution in [0.3, 0.4) is 0 Å². The monoisotopic (exact) mass is 237 g/mol. The number of hydrogen-bond acceptors (Lipinski definition) is 3. The number of aromatic nitrogens is 2. The van der Waals surface area contributed by atoms with Gasteiger partial charge < -0.3 is 0 Å². The first kappa shape index (κ1) is 12.2. The molecule has 0 aliphatic carbocycles. The van der Waals surface area contributed by atoms with Crippen LogP contribution in [0.4, 0.5) is 0 Å². The van der Waals surface area contributed by atoms with Crippen LogP contribution >= 0.6 is 0 Å². The number of hydrogen-bond donors (Lipinski definition) is 0. The summed E-state index contributed by atoms with van der Waals surface area (Å²) >= 11 is 0. The van der Waals surface area contributed by atoms with Gasteiger partial charge in [0.25, 0.3) is 0 Å². The average Bonchev–Trinajstić information content (AvgIpc) is 2.38. The van der Waals surface area contributed by atoms with Gasteiger partial charge in [-0.3, -0.25) is 4.99 Å². The molecule has 0 fully saturated rings. The number of benzene rings is 1. The summed E-state index contributed by atoms with van der Waals surface area (Å²) in [5, 5.41) is 1.08. The van der Waals surface area contributed by atoms with Crippen LogP contribution in [0.5, 0.6) is 0 Å². The van der Waals surface area contributed by atoms with Gasteiger partial charge in [0.1, 0.15) is 0 Å². The van der Waals surface area contributed by atoms with Gasteiger partial charge in [0, 0.05) is 22.9 Å². The lowest BCUT2D eigenvalue weighted by atomic mass is 10.1. The fourth-order valence-electron chi connectivity index (χ4n) is 1.82. The SMILES string of the molecule is C=N/C=C(\C=C/C)c1nc(C)c2ccccc2n1. The van der Waals surface area contributed by atoms with Crippen LogP contribution < -0.4 is 0 Å². The standard InChI is InChI=1S/C15H15N3/c1-4-7-12(10-16-3)15-17-11(2)13-8-5-6-9-14(13)18-15/h4-10H,3H2,1-2H3/b7-4-,12-10+. The molecule has 18 heavy (non-hydrogen) atoms. The average molecular weight is 237 g/mol. The number of aliphatic imine (C=N–C) groups is 1. The zero-order valence-electron chi connectivity index (χ0n) is 10.6. The molecule has 0 saturated heterocycles. The van der Waals surface area contributed by atoms with Gasteiger partial charge >= 0.3 is 0 Å². The molecule has 0 spiro atoms. The fourth-order valence-corrected chi connectivity index (χ4v) is 1.82.